The van der Waals surface area contributed by atoms with Crippen LogP contribution in [0.3, 0.4) is 0 Å². The third kappa shape index (κ3) is 2.98. The topological polar surface area (TPSA) is 56.1 Å². The van der Waals surface area contributed by atoms with Crippen LogP contribution in [-0.4, -0.2) is 36.0 Å². The molecule has 6 heteroatoms. The molecule has 0 bridgehead atoms. The summed E-state index contributed by atoms with van der Waals surface area (Å²) < 4.78 is 7.26. The molecule has 0 fully saturated rings. The van der Waals surface area contributed by atoms with Crippen LogP contribution in [0.4, 0.5) is 0 Å². The molecule has 3 aromatic rings. The van der Waals surface area contributed by atoms with Crippen molar-refractivity contribution in [2.45, 2.75) is 19.6 Å². The fraction of sp³-hybridized carbons (Fsp3) is 0.238. The minimum atomic E-state index is -0.252. The highest BCUT2D eigenvalue weighted by atomic mass is 16.7. The number of hydroxylamine groups is 2. The Labute approximate surface area is 157 Å². The number of methoxy groups -OCH3 is 1. The number of rotatable bonds is 5. The van der Waals surface area contributed by atoms with Crippen molar-refractivity contribution in [3.8, 4) is 5.75 Å². The lowest BCUT2D eigenvalue weighted by Crippen LogP contribution is -2.19. The number of aromatic nitrogens is 1. The van der Waals surface area contributed by atoms with Crippen molar-refractivity contribution in [1.82, 2.24) is 9.63 Å². The maximum Gasteiger partial charge on any atom is 0.243 e. The van der Waals surface area contributed by atoms with E-state index in [1.165, 1.54) is 0 Å². The van der Waals surface area contributed by atoms with E-state index in [9.17, 15) is 4.79 Å². The molecule has 1 unspecified atom stereocenters. The normalized spacial score (nSPS) is 17.0. The number of aldehydes is 1. The first-order valence-electron chi connectivity index (χ1n) is 8.77. The molecule has 1 aromatic heterocycles. The Hall–Kier alpha value is -3.12. The Morgan fingerprint density at radius 2 is 2.11 bits per heavy atom. The van der Waals surface area contributed by atoms with E-state index in [2.05, 4.69) is 0 Å². The molecule has 6 nitrogen and oxygen atoms in total. The van der Waals surface area contributed by atoms with E-state index in [1.54, 1.807) is 12.2 Å². The highest BCUT2D eigenvalue weighted by Crippen LogP contribution is 2.34. The van der Waals surface area contributed by atoms with Gasteiger partial charge in [0.25, 0.3) is 0 Å². The van der Waals surface area contributed by atoms with Crippen molar-refractivity contribution >= 4 is 23.1 Å². The monoisotopic (exact) mass is 363 g/mol. The van der Waals surface area contributed by atoms with Crippen molar-refractivity contribution in [2.75, 3.05) is 14.2 Å². The second kappa shape index (κ2) is 6.89. The van der Waals surface area contributed by atoms with E-state index >= 15 is 0 Å². The summed E-state index contributed by atoms with van der Waals surface area (Å²) in [5, 5.41) is 2.82. The molecule has 2 heterocycles. The van der Waals surface area contributed by atoms with Gasteiger partial charge in [0.15, 0.2) is 6.17 Å². The summed E-state index contributed by atoms with van der Waals surface area (Å²) in [5.41, 5.74) is 3.99. The number of ether oxygens (including phenoxy) is 1. The first-order valence-corrected chi connectivity index (χ1v) is 8.77. The lowest BCUT2D eigenvalue weighted by Gasteiger charge is -2.17. The Morgan fingerprint density at radius 3 is 2.85 bits per heavy atom. The zero-order valence-electron chi connectivity index (χ0n) is 15.5. The van der Waals surface area contributed by atoms with Gasteiger partial charge in [-0.15, -0.1) is 5.06 Å². The highest BCUT2D eigenvalue weighted by molar-refractivity contribution is 5.95. The van der Waals surface area contributed by atoms with Gasteiger partial charge in [0.2, 0.25) is 5.90 Å². The number of aliphatic imine (C=N–C) groups is 1. The van der Waals surface area contributed by atoms with E-state index in [-0.39, 0.29) is 6.17 Å². The first-order chi connectivity index (χ1) is 13.1. The van der Waals surface area contributed by atoms with Crippen molar-refractivity contribution in [3.05, 3.63) is 65.4 Å². The molecular formula is C21H21N3O3. The summed E-state index contributed by atoms with van der Waals surface area (Å²) in [7, 11) is 3.53. The molecule has 0 saturated carbocycles. The third-order valence-electron chi connectivity index (χ3n) is 4.85. The van der Waals surface area contributed by atoms with E-state index in [1.807, 2.05) is 67.2 Å². The summed E-state index contributed by atoms with van der Waals surface area (Å²) in [4.78, 5) is 21.6. The van der Waals surface area contributed by atoms with E-state index in [0.29, 0.717) is 12.4 Å². The number of carbonyl (C=O) groups is 1. The van der Waals surface area contributed by atoms with Gasteiger partial charge in [-0.3, -0.25) is 0 Å². The summed E-state index contributed by atoms with van der Waals surface area (Å²) in [6.07, 6.45) is 2.58. The van der Waals surface area contributed by atoms with E-state index < -0.39 is 0 Å². The van der Waals surface area contributed by atoms with Crippen LogP contribution in [0.2, 0.25) is 0 Å². The molecule has 1 atom stereocenters. The zero-order chi connectivity index (χ0) is 19.0. The molecule has 0 saturated heterocycles. The number of carbonyl (C=O) groups excluding carboxylic acids is 1. The average Bonchev–Trinajstić information content (AvgIpc) is 3.26. The minimum Gasteiger partial charge on any atom is -0.496 e. The van der Waals surface area contributed by atoms with Crippen molar-refractivity contribution in [1.29, 1.82) is 0 Å². The van der Waals surface area contributed by atoms with Crippen molar-refractivity contribution < 1.29 is 14.4 Å². The van der Waals surface area contributed by atoms with Gasteiger partial charge in [-0.1, -0.05) is 12.1 Å². The largest absolute Gasteiger partial charge is 0.496 e. The van der Waals surface area contributed by atoms with Crippen LogP contribution in [0.5, 0.6) is 5.75 Å². The minimum absolute atomic E-state index is 0.252. The highest BCUT2D eigenvalue weighted by Gasteiger charge is 2.29. The lowest BCUT2D eigenvalue weighted by molar-refractivity contribution is -0.108. The standard InChI is InChI=1S/C21H21N3O3/c1-14-13-15(7-8-19(14)26-3)21-22-20(23(2)27-21)17-5-4-6-18-16(17)9-10-24(18)11-12-25/h4-10,12-13,20H,11H2,1-3H3. The van der Waals surface area contributed by atoms with Crippen LogP contribution in [0.1, 0.15) is 22.9 Å². The molecule has 1 aliphatic heterocycles. The molecule has 1 aliphatic rings. The molecule has 138 valence electrons. The predicted octanol–water partition coefficient (Wildman–Crippen LogP) is 3.48. The quantitative estimate of drug-likeness (QED) is 0.651. The van der Waals surface area contributed by atoms with Gasteiger partial charge in [0.05, 0.1) is 13.7 Å². The van der Waals surface area contributed by atoms with Crippen molar-refractivity contribution in [2.24, 2.45) is 4.99 Å². The van der Waals surface area contributed by atoms with Crippen LogP contribution in [0.25, 0.3) is 10.9 Å². The number of nitrogens with zero attached hydrogens (tertiary/aromatic N) is 3. The smallest absolute Gasteiger partial charge is 0.243 e. The van der Waals surface area contributed by atoms with Gasteiger partial charge in [-0.05, 0) is 42.8 Å². The molecule has 0 radical (unpaired) electrons. The Morgan fingerprint density at radius 1 is 1.26 bits per heavy atom. The third-order valence-corrected chi connectivity index (χ3v) is 4.85. The molecule has 4 rings (SSSR count). The molecule has 0 spiro atoms. The maximum atomic E-state index is 10.9. The summed E-state index contributed by atoms with van der Waals surface area (Å²) in [5.74, 6) is 1.42. The molecule has 2 aromatic carbocycles. The summed E-state index contributed by atoms with van der Waals surface area (Å²) in [6, 6.07) is 13.9. The second-order valence-corrected chi connectivity index (χ2v) is 6.54. The Kier molecular flexibility index (Phi) is 4.41. The number of hydrogen-bond acceptors (Lipinski definition) is 5. The second-order valence-electron chi connectivity index (χ2n) is 6.54. The molecule has 0 aliphatic carbocycles. The molecule has 0 N–H and O–H groups in total. The van der Waals surface area contributed by atoms with Crippen LogP contribution >= 0.6 is 0 Å². The molecule has 0 amide bonds. The van der Waals surface area contributed by atoms with Crippen LogP contribution in [0, 0.1) is 6.92 Å². The van der Waals surface area contributed by atoms with Crippen LogP contribution < -0.4 is 4.74 Å². The van der Waals surface area contributed by atoms with Gasteiger partial charge in [0.1, 0.15) is 12.0 Å². The number of fused-ring (bicyclic) bond motifs is 1. The van der Waals surface area contributed by atoms with E-state index in [4.69, 9.17) is 14.6 Å². The summed E-state index contributed by atoms with van der Waals surface area (Å²) >= 11 is 0. The van der Waals surface area contributed by atoms with E-state index in [0.717, 1.165) is 39.6 Å². The number of aryl methyl sites for hydroxylation is 1. The van der Waals surface area contributed by atoms with Crippen LogP contribution in [-0.2, 0) is 16.2 Å². The summed E-state index contributed by atoms with van der Waals surface area (Å²) in [6.45, 7) is 2.33. The van der Waals surface area contributed by atoms with Crippen molar-refractivity contribution in [3.63, 3.8) is 0 Å². The molecule has 27 heavy (non-hydrogen) atoms. The Bertz CT molecular complexity index is 1040. The van der Waals surface area contributed by atoms with Gasteiger partial charge in [-0.2, -0.15) is 0 Å². The fourth-order valence-corrected chi connectivity index (χ4v) is 3.52. The zero-order valence-corrected chi connectivity index (χ0v) is 15.5. The van der Waals surface area contributed by atoms with Gasteiger partial charge in [-0.25, -0.2) is 4.99 Å². The van der Waals surface area contributed by atoms with Crippen LogP contribution in [0.15, 0.2) is 53.7 Å². The van der Waals surface area contributed by atoms with Gasteiger partial charge >= 0.3 is 0 Å². The number of hydrogen-bond donors (Lipinski definition) is 0. The SMILES string of the molecule is COc1ccc(C2=NC(c3cccc4c3ccn4CC=O)N(C)O2)cc1C. The van der Waals surface area contributed by atoms with Gasteiger partial charge < -0.3 is 18.9 Å². The molecular weight excluding hydrogens is 342 g/mol. The average molecular weight is 363 g/mol. The first kappa shape index (κ1) is 17.3. The maximum absolute atomic E-state index is 10.9. The number of benzene rings is 2. The Balaban J connectivity index is 1.73. The fourth-order valence-electron chi connectivity index (χ4n) is 3.52. The predicted molar refractivity (Wildman–Crippen MR) is 104 cm³/mol. The van der Waals surface area contributed by atoms with Gasteiger partial charge in [0, 0.05) is 35.3 Å². The lowest BCUT2D eigenvalue weighted by atomic mass is 10.1.